The van der Waals surface area contributed by atoms with Crippen LogP contribution in [0.25, 0.3) is 0 Å². The highest BCUT2D eigenvalue weighted by Gasteiger charge is 2.35. The van der Waals surface area contributed by atoms with Gasteiger partial charge in [-0.15, -0.1) is 0 Å². The summed E-state index contributed by atoms with van der Waals surface area (Å²) in [5, 5.41) is 1.09. The number of benzene rings is 3. The predicted molar refractivity (Wildman–Crippen MR) is 111 cm³/mol. The van der Waals surface area contributed by atoms with Gasteiger partial charge in [-0.2, -0.15) is 0 Å². The summed E-state index contributed by atoms with van der Waals surface area (Å²) >= 11 is 3.56. The highest BCUT2D eigenvalue weighted by molar-refractivity contribution is 9.09. The fourth-order valence-electron chi connectivity index (χ4n) is 3.76. The molecule has 1 heteroatoms. The molecule has 0 bridgehead atoms. The molecule has 3 aromatic carbocycles. The third-order valence-electron chi connectivity index (χ3n) is 4.99. The molecule has 0 radical (unpaired) electrons. The monoisotopic (exact) mass is 392 g/mol. The van der Waals surface area contributed by atoms with Gasteiger partial charge in [-0.3, -0.25) is 0 Å². The first-order valence-electron chi connectivity index (χ1n) is 9.10. The van der Waals surface area contributed by atoms with Gasteiger partial charge in [-0.25, -0.2) is 0 Å². The molecule has 0 amide bonds. The number of alkyl halides is 1. The van der Waals surface area contributed by atoms with Crippen molar-refractivity contribution in [1.82, 2.24) is 0 Å². The van der Waals surface area contributed by atoms with Gasteiger partial charge >= 0.3 is 0 Å². The third kappa shape index (κ3) is 4.04. The van der Waals surface area contributed by atoms with Crippen LogP contribution in [0.2, 0.25) is 0 Å². The van der Waals surface area contributed by atoms with Crippen molar-refractivity contribution in [2.45, 2.75) is 31.1 Å². The highest BCUT2D eigenvalue weighted by Crippen LogP contribution is 2.43. The minimum atomic E-state index is -0.0872. The van der Waals surface area contributed by atoms with Crippen LogP contribution in [0.1, 0.15) is 42.4 Å². The topological polar surface area (TPSA) is 0 Å². The van der Waals surface area contributed by atoms with Gasteiger partial charge in [0.25, 0.3) is 0 Å². The Bertz CT molecular complexity index is 638. The van der Waals surface area contributed by atoms with E-state index in [4.69, 9.17) is 0 Å². The van der Waals surface area contributed by atoms with Gasteiger partial charge in [-0.05, 0) is 29.5 Å². The summed E-state index contributed by atoms with van der Waals surface area (Å²) in [5.74, 6) is 0. The summed E-state index contributed by atoms with van der Waals surface area (Å²) in [6.45, 7) is 0. The minimum absolute atomic E-state index is 0.0872. The summed E-state index contributed by atoms with van der Waals surface area (Å²) < 4.78 is 0. The fraction of sp³-hybridized carbons (Fsp3) is 0.250. The third-order valence-corrected chi connectivity index (χ3v) is 5.55. The van der Waals surface area contributed by atoms with E-state index in [-0.39, 0.29) is 5.41 Å². The van der Waals surface area contributed by atoms with Crippen LogP contribution in [0.4, 0.5) is 0 Å². The summed E-state index contributed by atoms with van der Waals surface area (Å²) in [4.78, 5) is 0. The molecule has 0 nitrogen and oxygen atoms in total. The molecule has 0 heterocycles. The zero-order chi connectivity index (χ0) is 17.4. The van der Waals surface area contributed by atoms with Gasteiger partial charge < -0.3 is 0 Å². The molecule has 0 spiro atoms. The molecule has 0 aromatic heterocycles. The van der Waals surface area contributed by atoms with E-state index in [9.17, 15) is 0 Å². The second-order valence-corrected chi connectivity index (χ2v) is 7.30. The van der Waals surface area contributed by atoms with Crippen LogP contribution in [0.5, 0.6) is 0 Å². The van der Waals surface area contributed by atoms with Crippen molar-refractivity contribution in [2.75, 3.05) is 5.33 Å². The average molecular weight is 393 g/mol. The maximum Gasteiger partial charge on any atom is 0.0451 e. The second-order valence-electron chi connectivity index (χ2n) is 6.50. The number of halogens is 1. The van der Waals surface area contributed by atoms with Crippen LogP contribution in [-0.2, 0) is 5.41 Å². The molecule has 25 heavy (non-hydrogen) atoms. The molecular weight excluding hydrogens is 368 g/mol. The van der Waals surface area contributed by atoms with Crippen molar-refractivity contribution in [2.24, 2.45) is 0 Å². The molecule has 3 aromatic rings. The first kappa shape index (κ1) is 17.9. The Labute approximate surface area is 160 Å². The van der Waals surface area contributed by atoms with Gasteiger partial charge in [0.15, 0.2) is 0 Å². The lowest BCUT2D eigenvalue weighted by Gasteiger charge is -2.36. The number of hydrogen-bond acceptors (Lipinski definition) is 0. The molecule has 0 N–H and O–H groups in total. The quantitative estimate of drug-likeness (QED) is 0.220. The van der Waals surface area contributed by atoms with Crippen molar-refractivity contribution >= 4 is 15.9 Å². The van der Waals surface area contributed by atoms with Crippen LogP contribution >= 0.6 is 15.9 Å². The van der Waals surface area contributed by atoms with Crippen LogP contribution in [0.15, 0.2) is 91.0 Å². The van der Waals surface area contributed by atoms with Crippen LogP contribution in [0, 0.1) is 0 Å². The van der Waals surface area contributed by atoms with Crippen molar-refractivity contribution in [3.05, 3.63) is 108 Å². The van der Waals surface area contributed by atoms with E-state index in [0.717, 1.165) is 11.8 Å². The normalized spacial score (nSPS) is 11.4. The van der Waals surface area contributed by atoms with E-state index >= 15 is 0 Å². The van der Waals surface area contributed by atoms with Crippen molar-refractivity contribution in [3.8, 4) is 0 Å². The predicted octanol–water partition coefficient (Wildman–Crippen LogP) is 6.98. The molecule has 3 rings (SSSR count). The van der Waals surface area contributed by atoms with Gasteiger partial charge in [0, 0.05) is 10.7 Å². The molecule has 0 aliphatic heterocycles. The fourth-order valence-corrected chi connectivity index (χ4v) is 4.16. The molecule has 0 unspecified atom stereocenters. The molecule has 128 valence electrons. The Morgan fingerprint density at radius 3 is 1.28 bits per heavy atom. The summed E-state index contributed by atoms with van der Waals surface area (Å²) in [7, 11) is 0. The lowest BCUT2D eigenvalue weighted by atomic mass is 9.66. The Morgan fingerprint density at radius 1 is 0.520 bits per heavy atom. The molecule has 0 fully saturated rings. The van der Waals surface area contributed by atoms with Crippen LogP contribution in [0.3, 0.4) is 0 Å². The Morgan fingerprint density at radius 2 is 0.920 bits per heavy atom. The molecule has 0 aliphatic rings. The van der Waals surface area contributed by atoms with Gasteiger partial charge in [0.1, 0.15) is 0 Å². The van der Waals surface area contributed by atoms with Crippen molar-refractivity contribution < 1.29 is 0 Å². The van der Waals surface area contributed by atoms with Crippen LogP contribution < -0.4 is 0 Å². The van der Waals surface area contributed by atoms with Gasteiger partial charge in [-0.1, -0.05) is 120 Å². The Hall–Kier alpha value is -1.86. The van der Waals surface area contributed by atoms with Gasteiger partial charge in [0.05, 0.1) is 0 Å². The zero-order valence-electron chi connectivity index (χ0n) is 14.6. The standard InChI is InChI=1S/C24H25Br/c25-20-12-4-11-19-24(21-13-5-1-6-14-21,22-15-7-2-8-16-22)23-17-9-3-10-18-23/h1-3,5-10,13-18H,4,11-12,19-20H2. The number of rotatable bonds is 8. The van der Waals surface area contributed by atoms with Crippen molar-refractivity contribution in [1.29, 1.82) is 0 Å². The maximum atomic E-state index is 3.56. The lowest BCUT2D eigenvalue weighted by molar-refractivity contribution is 0.516. The number of unbranched alkanes of at least 4 members (excludes halogenated alkanes) is 2. The Kier molecular flexibility index (Phi) is 6.47. The first-order chi connectivity index (χ1) is 12.4. The second kappa shape index (κ2) is 9.01. The molecule has 0 atom stereocenters. The largest absolute Gasteiger partial charge is 0.0928 e. The SMILES string of the molecule is BrCCCCCC(c1ccccc1)(c1ccccc1)c1ccccc1. The average Bonchev–Trinajstić information content (AvgIpc) is 2.70. The van der Waals surface area contributed by atoms with E-state index in [1.54, 1.807) is 0 Å². The van der Waals surface area contributed by atoms with E-state index in [1.165, 1.54) is 36.0 Å². The highest BCUT2D eigenvalue weighted by atomic mass is 79.9. The number of hydrogen-bond donors (Lipinski definition) is 0. The lowest BCUT2D eigenvalue weighted by Crippen LogP contribution is -2.29. The van der Waals surface area contributed by atoms with E-state index < -0.39 is 0 Å². The molecule has 0 saturated heterocycles. The summed E-state index contributed by atoms with van der Waals surface area (Å²) in [6, 6.07) is 33.0. The van der Waals surface area contributed by atoms with Gasteiger partial charge in [0.2, 0.25) is 0 Å². The minimum Gasteiger partial charge on any atom is -0.0928 e. The zero-order valence-corrected chi connectivity index (χ0v) is 16.2. The van der Waals surface area contributed by atoms with Crippen molar-refractivity contribution in [3.63, 3.8) is 0 Å². The maximum absolute atomic E-state index is 3.56. The van der Waals surface area contributed by atoms with Crippen LogP contribution in [-0.4, -0.2) is 5.33 Å². The smallest absolute Gasteiger partial charge is 0.0451 e. The van der Waals surface area contributed by atoms with E-state index in [2.05, 4.69) is 107 Å². The molecule has 0 saturated carbocycles. The molecule has 0 aliphatic carbocycles. The van der Waals surface area contributed by atoms with E-state index in [1.807, 2.05) is 0 Å². The van der Waals surface area contributed by atoms with E-state index in [0.29, 0.717) is 0 Å². The molecular formula is C24H25Br. The Balaban J connectivity index is 2.13. The summed E-state index contributed by atoms with van der Waals surface area (Å²) in [5.41, 5.74) is 4.06. The summed E-state index contributed by atoms with van der Waals surface area (Å²) in [6.07, 6.45) is 4.82. The first-order valence-corrected chi connectivity index (χ1v) is 10.2.